The zero-order chi connectivity index (χ0) is 9.68. The summed E-state index contributed by atoms with van der Waals surface area (Å²) < 4.78 is 0. The summed E-state index contributed by atoms with van der Waals surface area (Å²) in [5, 5.41) is 0.460. The van der Waals surface area contributed by atoms with Crippen LogP contribution in [0.15, 0.2) is 18.5 Å². The Morgan fingerprint density at radius 1 is 1.46 bits per heavy atom. The molecule has 0 saturated heterocycles. The van der Waals surface area contributed by atoms with Gasteiger partial charge in [-0.05, 0) is 12.0 Å². The summed E-state index contributed by atoms with van der Waals surface area (Å²) in [5.74, 6) is 0.554. The average Bonchev–Trinajstić information content (AvgIpc) is 2.16. The first-order valence-corrected chi connectivity index (χ1v) is 4.76. The number of nitrogens with zero attached hydrogens (tertiary/aromatic N) is 2. The molecule has 13 heavy (non-hydrogen) atoms. The monoisotopic (exact) mass is 196 g/mol. The summed E-state index contributed by atoms with van der Waals surface area (Å²) in [5.41, 5.74) is 0.740. The second-order valence-corrected chi connectivity index (χ2v) is 3.34. The molecule has 1 aromatic heterocycles. The molecule has 3 heteroatoms. The van der Waals surface area contributed by atoms with E-state index in [1.54, 1.807) is 12.4 Å². The first-order chi connectivity index (χ1) is 6.24. The van der Waals surface area contributed by atoms with Gasteiger partial charge in [-0.15, -0.1) is 0 Å². The molecule has 0 bridgehead atoms. The topological polar surface area (TPSA) is 25.8 Å². The maximum atomic E-state index is 5.83. The van der Waals surface area contributed by atoms with Crippen molar-refractivity contribution >= 4 is 17.7 Å². The molecule has 0 fully saturated rings. The average molecular weight is 197 g/mol. The molecule has 1 heterocycles. The molecule has 1 atom stereocenters. The normalized spacial score (nSPS) is 13.5. The van der Waals surface area contributed by atoms with Crippen LogP contribution < -0.4 is 0 Å². The van der Waals surface area contributed by atoms with Crippen LogP contribution in [-0.4, -0.2) is 9.97 Å². The third-order valence-electron chi connectivity index (χ3n) is 1.91. The van der Waals surface area contributed by atoms with E-state index in [9.17, 15) is 0 Å². The Kier molecular flexibility index (Phi) is 3.90. The van der Waals surface area contributed by atoms with E-state index in [4.69, 9.17) is 11.6 Å². The van der Waals surface area contributed by atoms with Crippen molar-refractivity contribution in [3.05, 3.63) is 29.3 Å². The van der Waals surface area contributed by atoms with Crippen molar-refractivity contribution in [2.24, 2.45) is 5.92 Å². The minimum atomic E-state index is 0.460. The van der Waals surface area contributed by atoms with E-state index < -0.39 is 0 Å². The summed E-state index contributed by atoms with van der Waals surface area (Å²) in [7, 11) is 0. The van der Waals surface area contributed by atoms with Crippen molar-refractivity contribution in [3.8, 4) is 0 Å². The van der Waals surface area contributed by atoms with Crippen molar-refractivity contribution in [3.63, 3.8) is 0 Å². The van der Waals surface area contributed by atoms with E-state index in [0.29, 0.717) is 11.1 Å². The maximum Gasteiger partial charge on any atom is 0.154 e. The Morgan fingerprint density at radius 3 is 2.77 bits per heavy atom. The van der Waals surface area contributed by atoms with Gasteiger partial charge in [-0.2, -0.15) is 0 Å². The molecule has 0 radical (unpaired) electrons. The molecule has 0 N–H and O–H groups in total. The number of aromatic nitrogens is 2. The summed E-state index contributed by atoms with van der Waals surface area (Å²) in [6.07, 6.45) is 8.36. The van der Waals surface area contributed by atoms with Crippen LogP contribution in [0, 0.1) is 5.92 Å². The third kappa shape index (κ3) is 3.15. The van der Waals surface area contributed by atoms with Gasteiger partial charge >= 0.3 is 0 Å². The Bertz CT molecular complexity index is 297. The van der Waals surface area contributed by atoms with E-state index in [0.717, 1.165) is 12.1 Å². The lowest BCUT2D eigenvalue weighted by Gasteiger charge is -1.99. The lowest BCUT2D eigenvalue weighted by atomic mass is 10.1. The summed E-state index contributed by atoms with van der Waals surface area (Å²) in [6, 6.07) is 0. The fourth-order valence-corrected chi connectivity index (χ4v) is 1.00. The zero-order valence-corrected chi connectivity index (χ0v) is 8.62. The standard InChI is InChI=1S/C10H13ClN2/c1-3-8(2)4-5-9-10(11)13-7-6-12-9/h4-8H,3H2,1-2H3/b5-4+. The molecule has 1 rings (SSSR count). The Balaban J connectivity index is 2.74. The van der Waals surface area contributed by atoms with E-state index >= 15 is 0 Å². The second-order valence-electron chi connectivity index (χ2n) is 2.98. The highest BCUT2D eigenvalue weighted by molar-refractivity contribution is 6.30. The molecule has 0 spiro atoms. The highest BCUT2D eigenvalue weighted by Gasteiger charge is 1.97. The van der Waals surface area contributed by atoms with Crippen LogP contribution in [0.4, 0.5) is 0 Å². The molecule has 0 amide bonds. The van der Waals surface area contributed by atoms with E-state index in [1.807, 2.05) is 6.08 Å². The van der Waals surface area contributed by atoms with Crippen LogP contribution in [0.2, 0.25) is 5.15 Å². The second kappa shape index (κ2) is 4.97. The largest absolute Gasteiger partial charge is 0.252 e. The van der Waals surface area contributed by atoms with Gasteiger partial charge in [0, 0.05) is 12.4 Å². The van der Waals surface area contributed by atoms with Crippen LogP contribution >= 0.6 is 11.6 Å². The fourth-order valence-electron chi connectivity index (χ4n) is 0.835. The minimum absolute atomic E-state index is 0.460. The number of hydrogen-bond donors (Lipinski definition) is 0. The Labute approximate surface area is 83.7 Å². The van der Waals surface area contributed by atoms with Crippen LogP contribution in [-0.2, 0) is 0 Å². The molecular weight excluding hydrogens is 184 g/mol. The number of hydrogen-bond acceptors (Lipinski definition) is 2. The maximum absolute atomic E-state index is 5.83. The van der Waals surface area contributed by atoms with E-state index in [2.05, 4.69) is 29.9 Å². The number of halogens is 1. The van der Waals surface area contributed by atoms with Gasteiger partial charge < -0.3 is 0 Å². The van der Waals surface area contributed by atoms with Gasteiger partial charge in [0.2, 0.25) is 0 Å². The SMILES string of the molecule is CCC(C)/C=C/c1nccnc1Cl. The molecule has 70 valence electrons. The molecule has 2 nitrogen and oxygen atoms in total. The van der Waals surface area contributed by atoms with Gasteiger partial charge in [-0.1, -0.05) is 37.9 Å². The van der Waals surface area contributed by atoms with Gasteiger partial charge in [-0.3, -0.25) is 4.98 Å². The molecule has 0 aliphatic heterocycles. The van der Waals surface area contributed by atoms with Crippen molar-refractivity contribution in [2.75, 3.05) is 0 Å². The molecule has 1 unspecified atom stereocenters. The summed E-state index contributed by atoms with van der Waals surface area (Å²) >= 11 is 5.83. The highest BCUT2D eigenvalue weighted by atomic mass is 35.5. The summed E-state index contributed by atoms with van der Waals surface area (Å²) in [6.45, 7) is 4.30. The lowest BCUT2D eigenvalue weighted by Crippen LogP contribution is -1.87. The molecule has 0 aliphatic carbocycles. The van der Waals surface area contributed by atoms with Crippen LogP contribution in [0.5, 0.6) is 0 Å². The number of allylic oxidation sites excluding steroid dienone is 1. The third-order valence-corrected chi connectivity index (χ3v) is 2.20. The smallest absolute Gasteiger partial charge is 0.154 e. The van der Waals surface area contributed by atoms with E-state index in [-0.39, 0.29) is 0 Å². The van der Waals surface area contributed by atoms with Gasteiger partial charge in [0.1, 0.15) is 0 Å². The Morgan fingerprint density at radius 2 is 2.15 bits per heavy atom. The lowest BCUT2D eigenvalue weighted by molar-refractivity contribution is 0.701. The highest BCUT2D eigenvalue weighted by Crippen LogP contribution is 2.12. The van der Waals surface area contributed by atoms with Crippen molar-refractivity contribution in [1.82, 2.24) is 9.97 Å². The fraction of sp³-hybridized carbons (Fsp3) is 0.400. The molecule has 0 saturated carbocycles. The van der Waals surface area contributed by atoms with Crippen LogP contribution in [0.1, 0.15) is 26.0 Å². The first kappa shape index (κ1) is 10.2. The summed E-state index contributed by atoms with van der Waals surface area (Å²) in [4.78, 5) is 8.04. The molecule has 1 aromatic rings. The van der Waals surface area contributed by atoms with Crippen molar-refractivity contribution < 1.29 is 0 Å². The molecular formula is C10H13ClN2. The van der Waals surface area contributed by atoms with Crippen molar-refractivity contribution in [2.45, 2.75) is 20.3 Å². The quantitative estimate of drug-likeness (QED) is 0.742. The predicted molar refractivity (Wildman–Crippen MR) is 55.5 cm³/mol. The van der Waals surface area contributed by atoms with Crippen molar-refractivity contribution in [1.29, 1.82) is 0 Å². The van der Waals surface area contributed by atoms with Gasteiger partial charge in [0.05, 0.1) is 5.69 Å². The first-order valence-electron chi connectivity index (χ1n) is 4.38. The predicted octanol–water partition coefficient (Wildman–Crippen LogP) is 3.19. The van der Waals surface area contributed by atoms with Gasteiger partial charge in [0.25, 0.3) is 0 Å². The Hall–Kier alpha value is -0.890. The van der Waals surface area contributed by atoms with E-state index in [1.165, 1.54) is 0 Å². The molecule has 0 aliphatic rings. The van der Waals surface area contributed by atoms with Gasteiger partial charge in [0.15, 0.2) is 5.15 Å². The molecule has 0 aromatic carbocycles. The van der Waals surface area contributed by atoms with Crippen LogP contribution in [0.3, 0.4) is 0 Å². The zero-order valence-electron chi connectivity index (χ0n) is 7.87. The van der Waals surface area contributed by atoms with Crippen LogP contribution in [0.25, 0.3) is 6.08 Å². The minimum Gasteiger partial charge on any atom is -0.252 e. The van der Waals surface area contributed by atoms with Gasteiger partial charge in [-0.25, -0.2) is 4.98 Å². The number of rotatable bonds is 3.